The number of ether oxygens (including phenoxy) is 1. The fraction of sp³-hybridized carbons (Fsp3) is 0.583. The zero-order chi connectivity index (χ0) is 14.4. The Bertz CT molecular complexity index is 445. The summed E-state index contributed by atoms with van der Waals surface area (Å²) < 4.78 is 4.59. The average molecular weight is 285 g/mol. The summed E-state index contributed by atoms with van der Waals surface area (Å²) in [5.74, 6) is -0.708. The fourth-order valence-corrected chi connectivity index (χ4v) is 2.25. The van der Waals surface area contributed by atoms with Crippen molar-refractivity contribution < 1.29 is 14.3 Å². The van der Waals surface area contributed by atoms with E-state index >= 15 is 0 Å². The lowest BCUT2D eigenvalue weighted by molar-refractivity contribution is -0.141. The highest BCUT2D eigenvalue weighted by atomic mass is 32.1. The number of amides is 1. The van der Waals surface area contributed by atoms with E-state index in [4.69, 9.17) is 5.73 Å². The second-order valence-electron chi connectivity index (χ2n) is 4.16. The summed E-state index contributed by atoms with van der Waals surface area (Å²) in [7, 11) is 1.30. The normalized spacial score (nSPS) is 12.0. The van der Waals surface area contributed by atoms with Crippen molar-refractivity contribution in [2.75, 3.05) is 20.2 Å². The van der Waals surface area contributed by atoms with E-state index in [0.717, 1.165) is 6.42 Å². The number of nitrogens with two attached hydrogens (primary N) is 1. The number of nitrogens with zero attached hydrogens (tertiary/aromatic N) is 2. The molecule has 0 saturated carbocycles. The predicted octanol–water partition coefficient (Wildman–Crippen LogP) is 1.19. The van der Waals surface area contributed by atoms with E-state index in [9.17, 15) is 9.59 Å². The predicted molar refractivity (Wildman–Crippen MR) is 72.9 cm³/mol. The molecule has 1 amide bonds. The smallest absolute Gasteiger partial charge is 0.325 e. The van der Waals surface area contributed by atoms with Crippen LogP contribution in [0.25, 0.3) is 0 Å². The van der Waals surface area contributed by atoms with Gasteiger partial charge in [0.25, 0.3) is 5.91 Å². The molecule has 0 aliphatic rings. The first-order chi connectivity index (χ1) is 8.99. The van der Waals surface area contributed by atoms with Crippen molar-refractivity contribution in [1.82, 2.24) is 9.88 Å². The van der Waals surface area contributed by atoms with Crippen LogP contribution in [0.5, 0.6) is 0 Å². The third-order valence-corrected chi connectivity index (χ3v) is 3.50. The van der Waals surface area contributed by atoms with Crippen molar-refractivity contribution in [2.24, 2.45) is 5.73 Å². The minimum Gasteiger partial charge on any atom is -0.468 e. The first kappa shape index (κ1) is 15.6. The summed E-state index contributed by atoms with van der Waals surface area (Å²) in [5, 5.41) is 2.37. The topological polar surface area (TPSA) is 85.5 Å². The summed E-state index contributed by atoms with van der Waals surface area (Å²) in [6.45, 7) is 4.17. The number of thiazole rings is 1. The van der Waals surface area contributed by atoms with Crippen LogP contribution in [0.4, 0.5) is 0 Å². The molecular formula is C12H19N3O3S. The largest absolute Gasteiger partial charge is 0.468 e. The molecule has 0 aromatic carbocycles. The van der Waals surface area contributed by atoms with Gasteiger partial charge >= 0.3 is 5.97 Å². The molecule has 2 N–H and O–H groups in total. The van der Waals surface area contributed by atoms with E-state index in [-0.39, 0.29) is 18.5 Å². The highest BCUT2D eigenvalue weighted by Crippen LogP contribution is 2.17. The van der Waals surface area contributed by atoms with Crippen LogP contribution in [-0.4, -0.2) is 42.0 Å². The van der Waals surface area contributed by atoms with Crippen LogP contribution >= 0.6 is 11.3 Å². The Balaban J connectivity index is 2.82. The van der Waals surface area contributed by atoms with E-state index < -0.39 is 5.97 Å². The molecular weight excluding hydrogens is 266 g/mol. The van der Waals surface area contributed by atoms with E-state index in [1.807, 2.05) is 13.8 Å². The summed E-state index contributed by atoms with van der Waals surface area (Å²) in [4.78, 5) is 29.2. The number of carbonyl (C=O) groups excluding carboxylic acids is 2. The van der Waals surface area contributed by atoms with Crippen LogP contribution in [-0.2, 0) is 9.53 Å². The van der Waals surface area contributed by atoms with Crippen LogP contribution in [0.1, 0.15) is 41.8 Å². The number of carbonyl (C=O) groups is 2. The van der Waals surface area contributed by atoms with Crippen molar-refractivity contribution in [2.45, 2.75) is 26.3 Å². The van der Waals surface area contributed by atoms with Gasteiger partial charge in [0.1, 0.15) is 17.2 Å². The number of hydrogen-bond acceptors (Lipinski definition) is 6. The number of methoxy groups -OCH3 is 1. The number of aromatic nitrogens is 1. The highest BCUT2D eigenvalue weighted by molar-refractivity contribution is 7.09. The van der Waals surface area contributed by atoms with Gasteiger partial charge < -0.3 is 15.4 Å². The quantitative estimate of drug-likeness (QED) is 0.793. The standard InChI is InChI=1S/C12H19N3O3S/c1-4-5-15(6-10(16)18-3)12(17)9-7-19-11(14-9)8(2)13/h7-8H,4-6,13H2,1-3H3. The lowest BCUT2D eigenvalue weighted by atomic mass is 10.3. The van der Waals surface area contributed by atoms with Gasteiger partial charge in [-0.3, -0.25) is 9.59 Å². The molecule has 19 heavy (non-hydrogen) atoms. The maximum atomic E-state index is 12.2. The van der Waals surface area contributed by atoms with Crippen molar-refractivity contribution in [3.63, 3.8) is 0 Å². The van der Waals surface area contributed by atoms with Crippen LogP contribution in [0.15, 0.2) is 5.38 Å². The lowest BCUT2D eigenvalue weighted by Crippen LogP contribution is -2.37. The third kappa shape index (κ3) is 4.29. The molecule has 0 saturated heterocycles. The van der Waals surface area contributed by atoms with Gasteiger partial charge in [-0.15, -0.1) is 11.3 Å². The van der Waals surface area contributed by atoms with Gasteiger partial charge in [-0.2, -0.15) is 0 Å². The first-order valence-electron chi connectivity index (χ1n) is 6.06. The maximum Gasteiger partial charge on any atom is 0.325 e. The van der Waals surface area contributed by atoms with E-state index in [1.54, 1.807) is 5.38 Å². The molecule has 106 valence electrons. The molecule has 1 aromatic rings. The van der Waals surface area contributed by atoms with Gasteiger partial charge in [-0.05, 0) is 13.3 Å². The van der Waals surface area contributed by atoms with Gasteiger partial charge in [0.05, 0.1) is 13.2 Å². The number of rotatable bonds is 6. The number of esters is 1. The van der Waals surface area contributed by atoms with E-state index in [2.05, 4.69) is 9.72 Å². The zero-order valence-corrected chi connectivity index (χ0v) is 12.2. The first-order valence-corrected chi connectivity index (χ1v) is 6.94. The molecule has 7 heteroatoms. The Morgan fingerprint density at radius 1 is 1.58 bits per heavy atom. The summed E-state index contributed by atoms with van der Waals surface area (Å²) >= 11 is 1.35. The van der Waals surface area contributed by atoms with Crippen molar-refractivity contribution in [1.29, 1.82) is 0 Å². The van der Waals surface area contributed by atoms with Crippen molar-refractivity contribution >= 4 is 23.2 Å². The molecule has 0 bridgehead atoms. The Labute approximate surface area is 116 Å². The Morgan fingerprint density at radius 3 is 2.74 bits per heavy atom. The Morgan fingerprint density at radius 2 is 2.26 bits per heavy atom. The summed E-state index contributed by atoms with van der Waals surface area (Å²) in [6.07, 6.45) is 0.757. The monoisotopic (exact) mass is 285 g/mol. The van der Waals surface area contributed by atoms with Crippen LogP contribution < -0.4 is 5.73 Å². The molecule has 0 aliphatic heterocycles. The molecule has 0 spiro atoms. The molecule has 0 aliphatic carbocycles. The molecule has 1 rings (SSSR count). The minimum absolute atomic E-state index is 0.0613. The molecule has 1 aromatic heterocycles. The summed E-state index contributed by atoms with van der Waals surface area (Å²) in [5.41, 5.74) is 6.04. The van der Waals surface area contributed by atoms with Gasteiger partial charge in [-0.25, -0.2) is 4.98 Å². The van der Waals surface area contributed by atoms with Crippen molar-refractivity contribution in [3.05, 3.63) is 16.1 Å². The molecule has 6 nitrogen and oxygen atoms in total. The van der Waals surface area contributed by atoms with Crippen LogP contribution in [0, 0.1) is 0 Å². The molecule has 1 atom stereocenters. The Hall–Kier alpha value is -1.47. The van der Waals surface area contributed by atoms with Crippen molar-refractivity contribution in [3.8, 4) is 0 Å². The molecule has 1 heterocycles. The van der Waals surface area contributed by atoms with E-state index in [0.29, 0.717) is 17.2 Å². The second-order valence-corrected chi connectivity index (χ2v) is 5.05. The minimum atomic E-state index is -0.440. The lowest BCUT2D eigenvalue weighted by Gasteiger charge is -2.19. The maximum absolute atomic E-state index is 12.2. The van der Waals surface area contributed by atoms with E-state index in [1.165, 1.54) is 23.3 Å². The van der Waals surface area contributed by atoms with Crippen LogP contribution in [0.2, 0.25) is 0 Å². The fourth-order valence-electron chi connectivity index (χ4n) is 1.50. The van der Waals surface area contributed by atoms with Gasteiger partial charge in [0, 0.05) is 11.9 Å². The third-order valence-electron chi connectivity index (χ3n) is 2.46. The van der Waals surface area contributed by atoms with Gasteiger partial charge in [0.15, 0.2) is 0 Å². The zero-order valence-electron chi connectivity index (χ0n) is 11.4. The van der Waals surface area contributed by atoms with Crippen LogP contribution in [0.3, 0.4) is 0 Å². The SMILES string of the molecule is CCCN(CC(=O)OC)C(=O)c1csc(C(C)N)n1. The van der Waals surface area contributed by atoms with Gasteiger partial charge in [-0.1, -0.05) is 6.92 Å². The molecule has 1 unspecified atom stereocenters. The Kier molecular flexibility index (Phi) is 5.91. The molecule has 0 radical (unpaired) electrons. The average Bonchev–Trinajstić information content (AvgIpc) is 2.86. The summed E-state index contributed by atoms with van der Waals surface area (Å²) in [6, 6.07) is -0.202. The molecule has 0 fully saturated rings. The highest BCUT2D eigenvalue weighted by Gasteiger charge is 2.21. The number of hydrogen-bond donors (Lipinski definition) is 1. The van der Waals surface area contributed by atoms with Gasteiger partial charge in [0.2, 0.25) is 0 Å². The second kappa shape index (κ2) is 7.20.